The summed E-state index contributed by atoms with van der Waals surface area (Å²) < 4.78 is 35.7. The molecule has 0 aromatic heterocycles. The van der Waals surface area contributed by atoms with Crippen molar-refractivity contribution in [2.75, 3.05) is 19.8 Å². The lowest BCUT2D eigenvalue weighted by molar-refractivity contribution is -0.152. The van der Waals surface area contributed by atoms with Gasteiger partial charge in [0.25, 0.3) is 0 Å². The zero-order valence-electron chi connectivity index (χ0n) is 23.9. The Kier molecular flexibility index (Phi) is 13.5. The third kappa shape index (κ3) is 14.8. The molecule has 220 valence electrons. The van der Waals surface area contributed by atoms with Crippen molar-refractivity contribution in [3.63, 3.8) is 0 Å². The fraction of sp³-hybridized carbons (Fsp3) is 0.630. The Hall–Kier alpha value is -3.54. The maximum absolute atomic E-state index is 12.5. The monoisotopic (exact) mass is 555 g/mol. The van der Waals surface area contributed by atoms with Crippen molar-refractivity contribution in [2.24, 2.45) is 17.6 Å². The fourth-order valence-electron chi connectivity index (χ4n) is 2.67. The average molecular weight is 556 g/mol. The Labute approximate surface area is 229 Å². The lowest BCUT2D eigenvalue weighted by Gasteiger charge is -2.20. The van der Waals surface area contributed by atoms with Crippen molar-refractivity contribution in [1.29, 1.82) is 0 Å². The summed E-state index contributed by atoms with van der Waals surface area (Å²) in [6.07, 6.45) is -3.64. The molecule has 0 radical (unpaired) electrons. The first kappa shape index (κ1) is 33.5. The van der Waals surface area contributed by atoms with Crippen LogP contribution in [0.4, 0.5) is 14.4 Å². The number of ether oxygens (including phenoxy) is 7. The van der Waals surface area contributed by atoms with E-state index in [-0.39, 0.29) is 49.6 Å². The van der Waals surface area contributed by atoms with Crippen LogP contribution < -0.4 is 15.2 Å². The van der Waals surface area contributed by atoms with Gasteiger partial charge in [-0.1, -0.05) is 33.8 Å². The van der Waals surface area contributed by atoms with Crippen molar-refractivity contribution in [1.82, 2.24) is 0 Å². The molecule has 0 saturated heterocycles. The third-order valence-corrected chi connectivity index (χ3v) is 4.36. The first-order valence-corrected chi connectivity index (χ1v) is 12.7. The summed E-state index contributed by atoms with van der Waals surface area (Å²) in [4.78, 5) is 48.4. The van der Waals surface area contributed by atoms with Gasteiger partial charge in [-0.25, -0.2) is 14.4 Å². The maximum Gasteiger partial charge on any atom is 0.513 e. The van der Waals surface area contributed by atoms with Gasteiger partial charge in [-0.05, 0) is 63.6 Å². The number of esters is 1. The molecule has 1 rings (SSSR count). The van der Waals surface area contributed by atoms with E-state index in [0.29, 0.717) is 5.56 Å². The number of nitrogens with two attached hydrogens (primary N) is 1. The van der Waals surface area contributed by atoms with Crippen molar-refractivity contribution in [3.05, 3.63) is 23.8 Å². The van der Waals surface area contributed by atoms with E-state index in [0.717, 1.165) is 0 Å². The number of carbonyl (C=O) groups is 4. The van der Waals surface area contributed by atoms with Gasteiger partial charge in [-0.2, -0.15) is 0 Å². The molecule has 2 atom stereocenters. The van der Waals surface area contributed by atoms with Crippen LogP contribution in [0, 0.1) is 11.8 Å². The second-order valence-electron chi connectivity index (χ2n) is 10.7. The largest absolute Gasteiger partial charge is 0.513 e. The van der Waals surface area contributed by atoms with E-state index < -0.39 is 42.2 Å². The van der Waals surface area contributed by atoms with E-state index >= 15 is 0 Å². The highest BCUT2D eigenvalue weighted by molar-refractivity contribution is 5.76. The molecule has 12 nitrogen and oxygen atoms in total. The van der Waals surface area contributed by atoms with Crippen LogP contribution in [0.2, 0.25) is 0 Å². The number of hydrogen-bond donors (Lipinski definition) is 1. The van der Waals surface area contributed by atoms with Crippen LogP contribution in [0.5, 0.6) is 11.5 Å². The molecule has 1 aromatic rings. The van der Waals surface area contributed by atoms with E-state index in [1.807, 2.05) is 27.7 Å². The smallest absolute Gasteiger partial charge is 0.458 e. The molecule has 0 unspecified atom stereocenters. The van der Waals surface area contributed by atoms with Crippen LogP contribution in [0.25, 0.3) is 0 Å². The molecule has 0 saturated carbocycles. The number of carbonyl (C=O) groups excluding carboxylic acids is 4. The predicted octanol–water partition coefficient (Wildman–Crippen LogP) is 4.78. The van der Waals surface area contributed by atoms with Gasteiger partial charge in [0.05, 0.1) is 13.2 Å². The predicted molar refractivity (Wildman–Crippen MR) is 139 cm³/mol. The van der Waals surface area contributed by atoms with Gasteiger partial charge in [0, 0.05) is 0 Å². The van der Waals surface area contributed by atoms with Gasteiger partial charge in [0.15, 0.2) is 11.5 Å². The van der Waals surface area contributed by atoms with E-state index in [1.54, 1.807) is 26.8 Å². The minimum atomic E-state index is -1.10. The summed E-state index contributed by atoms with van der Waals surface area (Å²) in [5, 5.41) is 0. The topological polar surface area (TPSA) is 159 Å². The minimum Gasteiger partial charge on any atom is -0.458 e. The summed E-state index contributed by atoms with van der Waals surface area (Å²) in [7, 11) is 0. The molecule has 12 heteroatoms. The lowest BCUT2D eigenvalue weighted by Crippen LogP contribution is -2.37. The second kappa shape index (κ2) is 15.8. The average Bonchev–Trinajstić information content (AvgIpc) is 2.80. The second-order valence-corrected chi connectivity index (χ2v) is 10.7. The zero-order chi connectivity index (χ0) is 29.8. The van der Waals surface area contributed by atoms with Crippen LogP contribution in [-0.4, -0.2) is 62.0 Å². The number of hydrogen-bond acceptors (Lipinski definition) is 12. The van der Waals surface area contributed by atoms with Crippen molar-refractivity contribution < 1.29 is 52.3 Å². The number of rotatable bonds is 12. The first-order chi connectivity index (χ1) is 18.1. The number of benzene rings is 1. The quantitative estimate of drug-likeness (QED) is 0.214. The van der Waals surface area contributed by atoms with Crippen molar-refractivity contribution in [3.8, 4) is 11.5 Å². The first-order valence-electron chi connectivity index (χ1n) is 12.7. The molecule has 2 N–H and O–H groups in total. The standard InChI is InChI=1S/C27H41NO11/c1-16(2)13-33-24(30)37-21-10-9-19(12-22(21)38-25(31)34-14-17(3)4)11-20(28)23(29)36-18(5)15-35-26(32)39-27(6,7)8/h9-10,12,16-18,20H,11,13-15,28H2,1-8H3/t18-,20-/m0/s1. The third-order valence-electron chi connectivity index (χ3n) is 4.36. The molecule has 0 aliphatic carbocycles. The van der Waals surface area contributed by atoms with E-state index in [4.69, 9.17) is 38.9 Å². The van der Waals surface area contributed by atoms with E-state index in [1.165, 1.54) is 19.1 Å². The van der Waals surface area contributed by atoms with Gasteiger partial charge in [-0.15, -0.1) is 0 Å². The Bertz CT molecular complexity index is 969. The molecule has 1 aromatic carbocycles. The van der Waals surface area contributed by atoms with E-state index in [9.17, 15) is 19.2 Å². The van der Waals surface area contributed by atoms with Gasteiger partial charge in [0.2, 0.25) is 0 Å². The molecule has 0 aliphatic rings. The van der Waals surface area contributed by atoms with Crippen molar-refractivity contribution in [2.45, 2.75) is 79.6 Å². The molecule has 39 heavy (non-hydrogen) atoms. The molecule has 0 spiro atoms. The zero-order valence-corrected chi connectivity index (χ0v) is 23.9. The molecule has 0 amide bonds. The summed E-state index contributed by atoms with van der Waals surface area (Å²) in [6, 6.07) is 3.22. The normalized spacial score (nSPS) is 12.8. The van der Waals surface area contributed by atoms with Crippen LogP contribution in [0.3, 0.4) is 0 Å². The van der Waals surface area contributed by atoms with Crippen LogP contribution in [0.1, 0.15) is 61.0 Å². The maximum atomic E-state index is 12.5. The molecule has 0 aliphatic heterocycles. The van der Waals surface area contributed by atoms with Gasteiger partial charge in [-0.3, -0.25) is 4.79 Å². The Balaban J connectivity index is 2.86. The SMILES string of the molecule is CC(C)COC(=O)Oc1ccc(C[C@H](N)C(=O)O[C@@H](C)COC(=O)OC(C)(C)C)cc1OC(=O)OCC(C)C. The van der Waals surface area contributed by atoms with E-state index in [2.05, 4.69) is 0 Å². The molecule has 0 heterocycles. The lowest BCUT2D eigenvalue weighted by atomic mass is 10.1. The minimum absolute atomic E-state index is 0.00600. The Morgan fingerprint density at radius 3 is 1.79 bits per heavy atom. The van der Waals surface area contributed by atoms with Crippen molar-refractivity contribution >= 4 is 24.4 Å². The van der Waals surface area contributed by atoms with Crippen LogP contribution in [-0.2, 0) is 34.9 Å². The highest BCUT2D eigenvalue weighted by Gasteiger charge is 2.23. The Morgan fingerprint density at radius 2 is 1.28 bits per heavy atom. The Morgan fingerprint density at radius 1 is 0.769 bits per heavy atom. The summed E-state index contributed by atoms with van der Waals surface area (Å²) in [6.45, 7) is 14.1. The van der Waals surface area contributed by atoms with Crippen LogP contribution in [0.15, 0.2) is 18.2 Å². The van der Waals surface area contributed by atoms with Crippen LogP contribution >= 0.6 is 0 Å². The van der Waals surface area contributed by atoms with Gasteiger partial charge >= 0.3 is 24.4 Å². The molecule has 0 fully saturated rings. The summed E-state index contributed by atoms with van der Waals surface area (Å²) in [5.74, 6) is -0.784. The van der Waals surface area contributed by atoms with Gasteiger partial charge < -0.3 is 38.9 Å². The van der Waals surface area contributed by atoms with Gasteiger partial charge in [0.1, 0.15) is 24.4 Å². The fourth-order valence-corrected chi connectivity index (χ4v) is 2.67. The molecular formula is C27H41NO11. The summed E-state index contributed by atoms with van der Waals surface area (Å²) >= 11 is 0. The molecular weight excluding hydrogens is 514 g/mol. The summed E-state index contributed by atoms with van der Waals surface area (Å²) in [5.41, 5.74) is 5.77. The highest BCUT2D eigenvalue weighted by Crippen LogP contribution is 2.30. The highest BCUT2D eigenvalue weighted by atomic mass is 16.8. The molecule has 0 bridgehead atoms.